The Bertz CT molecular complexity index is 510. The Morgan fingerprint density at radius 1 is 1.00 bits per heavy atom. The van der Waals surface area contributed by atoms with Crippen LogP contribution < -0.4 is 0 Å². The number of rotatable bonds is 2. The summed E-state index contributed by atoms with van der Waals surface area (Å²) in [7, 11) is 0. The Balaban J connectivity index is 2.58. The van der Waals surface area contributed by atoms with Crippen molar-refractivity contribution in [2.24, 2.45) is 10.8 Å². The molecule has 2 heteroatoms. The van der Waals surface area contributed by atoms with E-state index in [1.54, 1.807) is 6.07 Å². The topological polar surface area (TPSA) is 37.3 Å². The summed E-state index contributed by atoms with van der Waals surface area (Å²) >= 11 is 0. The van der Waals surface area contributed by atoms with Crippen molar-refractivity contribution in [2.75, 3.05) is 0 Å². The van der Waals surface area contributed by atoms with E-state index in [1.165, 1.54) is 0 Å². The van der Waals surface area contributed by atoms with Crippen LogP contribution in [0.15, 0.2) is 18.2 Å². The van der Waals surface area contributed by atoms with Crippen LogP contribution in [-0.4, -0.2) is 11.1 Å². The van der Waals surface area contributed by atoms with E-state index in [0.29, 0.717) is 5.56 Å². The van der Waals surface area contributed by atoms with E-state index in [1.807, 2.05) is 13.0 Å². The molecule has 0 aliphatic heterocycles. The van der Waals surface area contributed by atoms with Gasteiger partial charge in [0, 0.05) is 5.41 Å². The summed E-state index contributed by atoms with van der Waals surface area (Å²) in [6.45, 7) is 13.2. The van der Waals surface area contributed by atoms with Gasteiger partial charge in [0.2, 0.25) is 0 Å². The fourth-order valence-electron chi connectivity index (χ4n) is 3.51. The van der Waals surface area contributed by atoms with Crippen molar-refractivity contribution in [3.63, 3.8) is 0 Å². The van der Waals surface area contributed by atoms with E-state index in [2.05, 4.69) is 40.7 Å². The van der Waals surface area contributed by atoms with Gasteiger partial charge in [-0.1, -0.05) is 40.7 Å². The highest BCUT2D eigenvalue weighted by Crippen LogP contribution is 2.77. The monoisotopic (exact) mass is 246 g/mol. The van der Waals surface area contributed by atoms with Crippen LogP contribution in [0, 0.1) is 17.8 Å². The van der Waals surface area contributed by atoms with E-state index >= 15 is 0 Å². The highest BCUT2D eigenvalue weighted by Gasteiger charge is 2.74. The lowest BCUT2D eigenvalue weighted by atomic mass is 9.86. The number of aromatic carboxylic acids is 1. The second-order valence-electron chi connectivity index (χ2n) is 6.77. The van der Waals surface area contributed by atoms with E-state index in [4.69, 9.17) is 0 Å². The molecule has 1 aromatic carbocycles. The normalized spacial score (nSPS) is 22.6. The summed E-state index contributed by atoms with van der Waals surface area (Å²) in [5, 5.41) is 9.18. The number of aryl methyl sites for hydroxylation is 1. The highest BCUT2D eigenvalue weighted by atomic mass is 16.4. The average Bonchev–Trinajstić information content (AvgIpc) is 2.56. The number of carboxylic acid groups (broad SMARTS) is 1. The number of hydrogen-bond acceptors (Lipinski definition) is 1. The Kier molecular flexibility index (Phi) is 2.46. The molecule has 0 heterocycles. The molecule has 0 radical (unpaired) electrons. The Hall–Kier alpha value is -1.31. The molecular weight excluding hydrogens is 224 g/mol. The smallest absolute Gasteiger partial charge is 0.335 e. The molecule has 2 rings (SSSR count). The molecule has 0 saturated heterocycles. The molecule has 0 spiro atoms. The number of benzene rings is 1. The first kappa shape index (κ1) is 13.1. The second kappa shape index (κ2) is 3.37. The Morgan fingerprint density at radius 2 is 1.50 bits per heavy atom. The van der Waals surface area contributed by atoms with E-state index in [0.717, 1.165) is 11.1 Å². The van der Waals surface area contributed by atoms with Crippen molar-refractivity contribution in [3.05, 3.63) is 34.9 Å². The maximum atomic E-state index is 11.2. The molecule has 1 aliphatic carbocycles. The maximum absolute atomic E-state index is 11.2. The van der Waals surface area contributed by atoms with E-state index in [9.17, 15) is 9.90 Å². The number of carbonyl (C=O) groups is 1. The summed E-state index contributed by atoms with van der Waals surface area (Å²) < 4.78 is 0. The summed E-state index contributed by atoms with van der Waals surface area (Å²) in [5.41, 5.74) is 2.97. The molecule has 1 saturated carbocycles. The molecule has 0 bridgehead atoms. The van der Waals surface area contributed by atoms with Crippen LogP contribution in [0.25, 0.3) is 0 Å². The fourth-order valence-corrected chi connectivity index (χ4v) is 3.51. The zero-order valence-electron chi connectivity index (χ0n) is 12.1. The number of hydrogen-bond donors (Lipinski definition) is 1. The SMILES string of the molecule is Cc1cc(C(=O)O)cc(C2(C)C(C)(C)C2(C)C)c1. The lowest BCUT2D eigenvalue weighted by Crippen LogP contribution is -2.13. The lowest BCUT2D eigenvalue weighted by molar-refractivity contribution is 0.0696. The van der Waals surface area contributed by atoms with Crippen LogP contribution in [0.2, 0.25) is 0 Å². The quantitative estimate of drug-likeness (QED) is 0.855. The Labute approximate surface area is 109 Å². The zero-order chi connectivity index (χ0) is 13.9. The summed E-state index contributed by atoms with van der Waals surface area (Å²) in [6.07, 6.45) is 0. The van der Waals surface area contributed by atoms with Gasteiger partial charge in [-0.05, 0) is 41.0 Å². The first-order valence-corrected chi connectivity index (χ1v) is 6.41. The zero-order valence-corrected chi connectivity index (χ0v) is 12.1. The van der Waals surface area contributed by atoms with Crippen molar-refractivity contribution in [3.8, 4) is 0 Å². The van der Waals surface area contributed by atoms with Gasteiger partial charge in [0.1, 0.15) is 0 Å². The van der Waals surface area contributed by atoms with Gasteiger partial charge in [0.15, 0.2) is 0 Å². The minimum atomic E-state index is -0.847. The van der Waals surface area contributed by atoms with Crippen molar-refractivity contribution in [1.29, 1.82) is 0 Å². The maximum Gasteiger partial charge on any atom is 0.335 e. The second-order valence-corrected chi connectivity index (χ2v) is 6.77. The van der Waals surface area contributed by atoms with Crippen molar-refractivity contribution in [1.82, 2.24) is 0 Å². The summed E-state index contributed by atoms with van der Waals surface area (Å²) in [5.74, 6) is -0.847. The van der Waals surface area contributed by atoms with Crippen LogP contribution >= 0.6 is 0 Å². The first-order valence-electron chi connectivity index (χ1n) is 6.41. The molecule has 0 unspecified atom stereocenters. The molecule has 0 amide bonds. The van der Waals surface area contributed by atoms with Gasteiger partial charge in [-0.2, -0.15) is 0 Å². The molecule has 1 N–H and O–H groups in total. The highest BCUT2D eigenvalue weighted by molar-refractivity contribution is 5.88. The van der Waals surface area contributed by atoms with Crippen LogP contribution in [-0.2, 0) is 5.41 Å². The van der Waals surface area contributed by atoms with Crippen molar-refractivity contribution >= 4 is 5.97 Å². The van der Waals surface area contributed by atoms with Crippen LogP contribution in [0.3, 0.4) is 0 Å². The van der Waals surface area contributed by atoms with Crippen LogP contribution in [0.4, 0.5) is 0 Å². The molecular formula is C16H22O2. The van der Waals surface area contributed by atoms with Gasteiger partial charge in [0.05, 0.1) is 5.56 Å². The van der Waals surface area contributed by atoms with Gasteiger partial charge in [-0.15, -0.1) is 0 Å². The van der Waals surface area contributed by atoms with E-state index in [-0.39, 0.29) is 16.2 Å². The lowest BCUT2D eigenvalue weighted by Gasteiger charge is -2.18. The molecule has 1 fully saturated rings. The van der Waals surface area contributed by atoms with E-state index < -0.39 is 5.97 Å². The van der Waals surface area contributed by atoms with Crippen molar-refractivity contribution < 1.29 is 9.90 Å². The third kappa shape index (κ3) is 1.32. The molecule has 1 aromatic rings. The predicted octanol–water partition coefficient (Wildman–Crippen LogP) is 4.02. The van der Waals surface area contributed by atoms with Gasteiger partial charge < -0.3 is 5.11 Å². The molecule has 98 valence electrons. The summed E-state index contributed by atoms with van der Waals surface area (Å²) in [4.78, 5) is 11.2. The minimum Gasteiger partial charge on any atom is -0.478 e. The fraction of sp³-hybridized carbons (Fsp3) is 0.562. The van der Waals surface area contributed by atoms with Gasteiger partial charge in [-0.25, -0.2) is 4.79 Å². The summed E-state index contributed by atoms with van der Waals surface area (Å²) in [6, 6.07) is 5.70. The molecule has 0 atom stereocenters. The third-order valence-corrected chi connectivity index (χ3v) is 5.90. The minimum absolute atomic E-state index is 0.0379. The molecule has 0 aromatic heterocycles. The third-order valence-electron chi connectivity index (χ3n) is 5.90. The standard InChI is InChI=1S/C16H22O2/c1-10-7-11(13(17)18)9-12(8-10)16(6)14(2,3)15(16,4)5/h7-9H,1-6H3,(H,17,18). The van der Waals surface area contributed by atoms with Gasteiger partial charge >= 0.3 is 5.97 Å². The number of carboxylic acids is 1. The Morgan fingerprint density at radius 3 is 1.89 bits per heavy atom. The van der Waals surface area contributed by atoms with Crippen LogP contribution in [0.1, 0.15) is 56.1 Å². The van der Waals surface area contributed by atoms with Gasteiger partial charge in [0.25, 0.3) is 0 Å². The predicted molar refractivity (Wildman–Crippen MR) is 73.1 cm³/mol. The molecule has 1 aliphatic rings. The molecule has 18 heavy (non-hydrogen) atoms. The largest absolute Gasteiger partial charge is 0.478 e. The molecule has 2 nitrogen and oxygen atoms in total. The first-order chi connectivity index (χ1) is 8.05. The van der Waals surface area contributed by atoms with Crippen LogP contribution in [0.5, 0.6) is 0 Å². The average molecular weight is 246 g/mol. The van der Waals surface area contributed by atoms with Crippen molar-refractivity contribution in [2.45, 2.75) is 47.0 Å². The van der Waals surface area contributed by atoms with Gasteiger partial charge in [-0.3, -0.25) is 0 Å².